The van der Waals surface area contributed by atoms with Crippen molar-refractivity contribution in [2.24, 2.45) is 0 Å². The Bertz CT molecular complexity index is 780. The SMILES string of the molecule is N#Cc1c(NC(=O)CSc2cccc[n+]2[O-])sc2c1CCCC2. The van der Waals surface area contributed by atoms with Crippen molar-refractivity contribution in [3.63, 3.8) is 0 Å². The van der Waals surface area contributed by atoms with Crippen molar-refractivity contribution < 1.29 is 9.52 Å². The number of carbonyl (C=O) groups is 1. The highest BCUT2D eigenvalue weighted by molar-refractivity contribution is 7.99. The van der Waals surface area contributed by atoms with Crippen molar-refractivity contribution in [1.82, 2.24) is 0 Å². The predicted octanol–water partition coefficient (Wildman–Crippen LogP) is 2.86. The smallest absolute Gasteiger partial charge is 0.251 e. The topological polar surface area (TPSA) is 79.8 Å². The fourth-order valence-electron chi connectivity index (χ4n) is 2.60. The monoisotopic (exact) mass is 345 g/mol. The number of thiophene rings is 1. The summed E-state index contributed by atoms with van der Waals surface area (Å²) in [5, 5.41) is 24.9. The maximum absolute atomic E-state index is 12.1. The van der Waals surface area contributed by atoms with Gasteiger partial charge in [0, 0.05) is 17.0 Å². The van der Waals surface area contributed by atoms with Gasteiger partial charge in [-0.05, 0) is 49.1 Å². The fraction of sp³-hybridized carbons (Fsp3) is 0.312. The molecule has 0 aromatic carbocycles. The summed E-state index contributed by atoms with van der Waals surface area (Å²) in [4.78, 5) is 13.4. The van der Waals surface area contributed by atoms with Gasteiger partial charge in [0.25, 0.3) is 5.03 Å². The zero-order chi connectivity index (χ0) is 16.2. The highest BCUT2D eigenvalue weighted by atomic mass is 32.2. The molecule has 5 nitrogen and oxygen atoms in total. The highest BCUT2D eigenvalue weighted by Crippen LogP contribution is 2.37. The summed E-state index contributed by atoms with van der Waals surface area (Å²) in [6.45, 7) is 0. The van der Waals surface area contributed by atoms with E-state index in [1.54, 1.807) is 18.2 Å². The van der Waals surface area contributed by atoms with Gasteiger partial charge in [-0.15, -0.1) is 11.3 Å². The average molecular weight is 345 g/mol. The minimum Gasteiger partial charge on any atom is -0.618 e. The lowest BCUT2D eigenvalue weighted by molar-refractivity contribution is -0.645. The van der Waals surface area contributed by atoms with Gasteiger partial charge in [-0.25, -0.2) is 0 Å². The third kappa shape index (κ3) is 3.49. The molecule has 1 N–H and O–H groups in total. The molecular weight excluding hydrogens is 330 g/mol. The lowest BCUT2D eigenvalue weighted by Crippen LogP contribution is -2.28. The lowest BCUT2D eigenvalue weighted by Gasteiger charge is -2.09. The standard InChI is InChI=1S/C16H15N3O2S2/c17-9-12-11-5-1-2-6-13(11)23-16(12)18-14(20)10-22-15-7-3-4-8-19(15)21/h3-4,7-8H,1-2,5-6,10H2,(H,18,20). The van der Waals surface area contributed by atoms with Gasteiger partial charge in [0.15, 0.2) is 6.20 Å². The van der Waals surface area contributed by atoms with Crippen molar-refractivity contribution in [3.8, 4) is 6.07 Å². The van der Waals surface area contributed by atoms with Gasteiger partial charge in [0.1, 0.15) is 11.1 Å². The number of thioether (sulfide) groups is 1. The minimum atomic E-state index is -0.200. The van der Waals surface area contributed by atoms with Crippen molar-refractivity contribution in [2.45, 2.75) is 30.7 Å². The number of nitrogens with one attached hydrogen (secondary N) is 1. The van der Waals surface area contributed by atoms with Crippen LogP contribution in [-0.4, -0.2) is 11.7 Å². The molecule has 1 aliphatic rings. The van der Waals surface area contributed by atoms with Crippen molar-refractivity contribution >= 4 is 34.0 Å². The number of anilines is 1. The van der Waals surface area contributed by atoms with Crippen LogP contribution in [0.5, 0.6) is 0 Å². The second kappa shape index (κ2) is 7.02. The zero-order valence-corrected chi connectivity index (χ0v) is 14.0. The van der Waals surface area contributed by atoms with Crippen molar-refractivity contribution in [2.75, 3.05) is 11.1 Å². The quantitative estimate of drug-likeness (QED) is 0.525. The largest absolute Gasteiger partial charge is 0.618 e. The molecule has 0 fully saturated rings. The highest BCUT2D eigenvalue weighted by Gasteiger charge is 2.22. The lowest BCUT2D eigenvalue weighted by atomic mass is 9.96. The van der Waals surface area contributed by atoms with Crippen LogP contribution in [-0.2, 0) is 17.6 Å². The van der Waals surface area contributed by atoms with E-state index in [9.17, 15) is 15.3 Å². The number of hydrogen-bond acceptors (Lipinski definition) is 5. The number of hydrogen-bond donors (Lipinski definition) is 1. The summed E-state index contributed by atoms with van der Waals surface area (Å²) < 4.78 is 0.739. The predicted molar refractivity (Wildman–Crippen MR) is 90.4 cm³/mol. The van der Waals surface area contributed by atoms with E-state index >= 15 is 0 Å². The summed E-state index contributed by atoms with van der Waals surface area (Å²) in [5.74, 6) is -0.0615. The number of nitrogens with zero attached hydrogens (tertiary/aromatic N) is 2. The Morgan fingerprint density at radius 2 is 2.26 bits per heavy atom. The van der Waals surface area contributed by atoms with E-state index < -0.39 is 0 Å². The maximum atomic E-state index is 12.1. The number of carbonyl (C=O) groups excluding carboxylic acids is 1. The van der Waals surface area contributed by atoms with Crippen LogP contribution in [0.25, 0.3) is 0 Å². The van der Waals surface area contributed by atoms with Crippen LogP contribution in [0.1, 0.15) is 28.8 Å². The van der Waals surface area contributed by atoms with Gasteiger partial charge in [0.2, 0.25) is 5.91 Å². The van der Waals surface area contributed by atoms with E-state index in [-0.39, 0.29) is 11.7 Å². The molecular formula is C16H15N3O2S2. The third-order valence-corrected chi connectivity index (χ3v) is 5.90. The zero-order valence-electron chi connectivity index (χ0n) is 12.4. The van der Waals surface area contributed by atoms with E-state index in [1.165, 1.54) is 34.2 Å². The van der Waals surface area contributed by atoms with Crippen LogP contribution in [0, 0.1) is 16.5 Å². The Hall–Kier alpha value is -2.04. The molecule has 0 saturated heterocycles. The molecule has 0 radical (unpaired) electrons. The first-order valence-electron chi connectivity index (χ1n) is 7.34. The summed E-state index contributed by atoms with van der Waals surface area (Å²) in [6.07, 6.45) is 5.54. The molecule has 0 saturated carbocycles. The Kier molecular flexibility index (Phi) is 4.84. The van der Waals surface area contributed by atoms with Crippen LogP contribution in [0.3, 0.4) is 0 Å². The molecule has 1 aliphatic carbocycles. The Labute approximate surface area is 142 Å². The third-order valence-electron chi connectivity index (χ3n) is 3.68. The normalized spacial score (nSPS) is 13.2. The Balaban J connectivity index is 1.68. The first kappa shape index (κ1) is 15.8. The van der Waals surface area contributed by atoms with E-state index in [0.29, 0.717) is 15.6 Å². The second-order valence-corrected chi connectivity index (χ2v) is 7.33. The molecule has 0 aliphatic heterocycles. The molecule has 0 unspecified atom stereocenters. The van der Waals surface area contributed by atoms with Gasteiger partial charge in [-0.1, -0.05) is 0 Å². The molecule has 0 bridgehead atoms. The molecule has 23 heavy (non-hydrogen) atoms. The molecule has 3 rings (SSSR count). The van der Waals surface area contributed by atoms with Gasteiger partial charge in [-0.2, -0.15) is 9.99 Å². The number of aryl methyl sites for hydroxylation is 1. The van der Waals surface area contributed by atoms with Crippen LogP contribution < -0.4 is 10.0 Å². The van der Waals surface area contributed by atoms with Crippen molar-refractivity contribution in [1.29, 1.82) is 5.26 Å². The molecule has 2 heterocycles. The minimum absolute atomic E-state index is 0.139. The summed E-state index contributed by atoms with van der Waals surface area (Å²) in [6, 6.07) is 7.31. The van der Waals surface area contributed by atoms with Crippen LogP contribution in [0.4, 0.5) is 5.00 Å². The van der Waals surface area contributed by atoms with Crippen LogP contribution >= 0.6 is 23.1 Å². The number of pyridine rings is 1. The maximum Gasteiger partial charge on any atom is 0.251 e. The van der Waals surface area contributed by atoms with Crippen LogP contribution in [0.15, 0.2) is 29.4 Å². The number of nitriles is 1. The van der Waals surface area contributed by atoms with Gasteiger partial charge >= 0.3 is 0 Å². The molecule has 2 aromatic heterocycles. The second-order valence-electron chi connectivity index (χ2n) is 5.23. The van der Waals surface area contributed by atoms with Gasteiger partial charge in [0.05, 0.1) is 11.3 Å². The summed E-state index contributed by atoms with van der Waals surface area (Å²) in [7, 11) is 0. The molecule has 2 aromatic rings. The Morgan fingerprint density at radius 3 is 3.04 bits per heavy atom. The van der Waals surface area contributed by atoms with E-state index in [0.717, 1.165) is 36.0 Å². The molecule has 7 heteroatoms. The summed E-state index contributed by atoms with van der Waals surface area (Å²) in [5.41, 5.74) is 1.72. The summed E-state index contributed by atoms with van der Waals surface area (Å²) >= 11 is 2.69. The molecule has 0 spiro atoms. The van der Waals surface area contributed by atoms with E-state index in [4.69, 9.17) is 0 Å². The number of rotatable bonds is 4. The van der Waals surface area contributed by atoms with E-state index in [2.05, 4.69) is 11.4 Å². The van der Waals surface area contributed by atoms with Gasteiger partial charge < -0.3 is 10.5 Å². The van der Waals surface area contributed by atoms with Crippen LogP contribution in [0.2, 0.25) is 0 Å². The first-order chi connectivity index (χ1) is 11.2. The molecule has 118 valence electrons. The average Bonchev–Trinajstić information content (AvgIpc) is 2.91. The van der Waals surface area contributed by atoms with E-state index in [1.807, 2.05) is 0 Å². The molecule has 1 amide bonds. The van der Waals surface area contributed by atoms with Gasteiger partial charge in [-0.3, -0.25) is 4.79 Å². The fourth-order valence-corrected chi connectivity index (χ4v) is 4.57. The Morgan fingerprint density at radius 1 is 1.43 bits per heavy atom. The molecule has 0 atom stereocenters. The number of amides is 1. The van der Waals surface area contributed by atoms with Crippen molar-refractivity contribution in [3.05, 3.63) is 45.6 Å². The first-order valence-corrected chi connectivity index (χ1v) is 9.14. The number of fused-ring (bicyclic) bond motifs is 1. The number of aromatic nitrogens is 1.